The summed E-state index contributed by atoms with van der Waals surface area (Å²) < 4.78 is 0. The van der Waals surface area contributed by atoms with Gasteiger partial charge in [0.15, 0.2) is 0 Å². The fourth-order valence-electron chi connectivity index (χ4n) is 4.57. The standard InChI is InChI=1S/C20H27N3O2/c1-2-23-12-9-15(13-20(23)10-11-20)14-3-5-16(6-4-14)21-17-7-8-18(24)22-19(17)25/h3-6,15,17,21H,2,7-13H2,1H3,(H,22,24,25)/t15-,17?/m0/s1. The average Bonchev–Trinajstić information content (AvgIpc) is 3.37. The molecule has 0 aromatic heterocycles. The fourth-order valence-corrected chi connectivity index (χ4v) is 4.57. The summed E-state index contributed by atoms with van der Waals surface area (Å²) in [6, 6.07) is 8.24. The normalized spacial score (nSPS) is 28.7. The van der Waals surface area contributed by atoms with Gasteiger partial charge in [-0.1, -0.05) is 19.1 Å². The molecule has 1 aliphatic carbocycles. The van der Waals surface area contributed by atoms with Crippen molar-refractivity contribution in [2.75, 3.05) is 18.4 Å². The van der Waals surface area contributed by atoms with E-state index in [0.717, 1.165) is 5.69 Å². The first-order valence-electron chi connectivity index (χ1n) is 9.55. The Morgan fingerprint density at radius 1 is 1.20 bits per heavy atom. The lowest BCUT2D eigenvalue weighted by Crippen LogP contribution is -2.47. The smallest absolute Gasteiger partial charge is 0.249 e. The number of hydrogen-bond donors (Lipinski definition) is 2. The molecular formula is C20H27N3O2. The van der Waals surface area contributed by atoms with Crippen molar-refractivity contribution in [2.24, 2.45) is 0 Å². The average molecular weight is 341 g/mol. The number of hydrogen-bond acceptors (Lipinski definition) is 4. The van der Waals surface area contributed by atoms with E-state index in [0.29, 0.717) is 24.3 Å². The number of nitrogens with zero attached hydrogens (tertiary/aromatic N) is 1. The van der Waals surface area contributed by atoms with Crippen molar-refractivity contribution in [3.05, 3.63) is 29.8 Å². The molecule has 1 unspecified atom stereocenters. The van der Waals surface area contributed by atoms with Crippen molar-refractivity contribution in [1.29, 1.82) is 0 Å². The molecule has 3 fully saturated rings. The van der Waals surface area contributed by atoms with Crippen LogP contribution < -0.4 is 10.6 Å². The number of nitrogens with one attached hydrogen (secondary N) is 2. The molecule has 2 aliphatic heterocycles. The second kappa shape index (κ2) is 6.45. The summed E-state index contributed by atoms with van der Waals surface area (Å²) >= 11 is 0. The third-order valence-corrected chi connectivity index (χ3v) is 6.22. The lowest BCUT2D eigenvalue weighted by molar-refractivity contribution is -0.133. The number of carbonyl (C=O) groups is 2. The topological polar surface area (TPSA) is 61.4 Å². The number of piperidine rings is 2. The number of imide groups is 1. The molecule has 2 atom stereocenters. The first kappa shape index (κ1) is 16.6. The zero-order valence-electron chi connectivity index (χ0n) is 14.9. The predicted octanol–water partition coefficient (Wildman–Crippen LogP) is 2.64. The second-order valence-corrected chi connectivity index (χ2v) is 7.76. The Morgan fingerprint density at radius 2 is 1.96 bits per heavy atom. The molecule has 25 heavy (non-hydrogen) atoms. The van der Waals surface area contributed by atoms with Crippen LogP contribution in [0.2, 0.25) is 0 Å². The fraction of sp³-hybridized carbons (Fsp3) is 0.600. The molecule has 134 valence electrons. The predicted molar refractivity (Wildman–Crippen MR) is 97.4 cm³/mol. The number of rotatable bonds is 4. The lowest BCUT2D eigenvalue weighted by Gasteiger charge is -2.40. The third-order valence-electron chi connectivity index (χ3n) is 6.22. The van der Waals surface area contributed by atoms with E-state index in [2.05, 4.69) is 46.7 Å². The molecule has 2 heterocycles. The van der Waals surface area contributed by atoms with Gasteiger partial charge in [-0.05, 0) is 68.8 Å². The van der Waals surface area contributed by atoms with Crippen molar-refractivity contribution in [3.63, 3.8) is 0 Å². The molecular weight excluding hydrogens is 314 g/mol. The van der Waals surface area contributed by atoms with Crippen molar-refractivity contribution in [3.8, 4) is 0 Å². The molecule has 1 aromatic rings. The molecule has 2 N–H and O–H groups in total. The van der Waals surface area contributed by atoms with Crippen molar-refractivity contribution >= 4 is 17.5 Å². The van der Waals surface area contributed by atoms with Gasteiger partial charge in [0, 0.05) is 17.6 Å². The summed E-state index contributed by atoms with van der Waals surface area (Å²) in [4.78, 5) is 25.8. The van der Waals surface area contributed by atoms with Crippen LogP contribution in [-0.2, 0) is 9.59 Å². The zero-order valence-corrected chi connectivity index (χ0v) is 14.9. The molecule has 3 aliphatic rings. The van der Waals surface area contributed by atoms with Crippen LogP contribution in [0.25, 0.3) is 0 Å². The van der Waals surface area contributed by atoms with Gasteiger partial charge in [0.2, 0.25) is 11.8 Å². The van der Waals surface area contributed by atoms with Crippen LogP contribution in [0.1, 0.15) is 56.9 Å². The molecule has 5 heteroatoms. The van der Waals surface area contributed by atoms with Gasteiger partial charge in [-0.25, -0.2) is 0 Å². The van der Waals surface area contributed by atoms with E-state index in [1.54, 1.807) is 0 Å². The van der Waals surface area contributed by atoms with E-state index < -0.39 is 0 Å². The summed E-state index contributed by atoms with van der Waals surface area (Å²) in [5, 5.41) is 5.65. The van der Waals surface area contributed by atoms with Crippen molar-refractivity contribution in [2.45, 2.75) is 62.9 Å². The van der Waals surface area contributed by atoms with E-state index in [1.807, 2.05) is 0 Å². The Hall–Kier alpha value is -1.88. The van der Waals surface area contributed by atoms with Crippen LogP contribution in [0.5, 0.6) is 0 Å². The maximum atomic E-state index is 11.9. The maximum Gasteiger partial charge on any atom is 0.249 e. The Bertz CT molecular complexity index is 666. The van der Waals surface area contributed by atoms with E-state index in [1.165, 1.54) is 44.3 Å². The first-order chi connectivity index (χ1) is 12.1. The number of benzene rings is 1. The van der Waals surface area contributed by atoms with Crippen LogP contribution in [0, 0.1) is 0 Å². The number of likely N-dealkylation sites (tertiary alicyclic amines) is 1. The van der Waals surface area contributed by atoms with Crippen LogP contribution in [0.15, 0.2) is 24.3 Å². The minimum atomic E-state index is -0.314. The molecule has 2 saturated heterocycles. The van der Waals surface area contributed by atoms with Gasteiger partial charge in [0.05, 0.1) is 0 Å². The molecule has 4 rings (SSSR count). The molecule has 1 spiro atoms. The summed E-state index contributed by atoms with van der Waals surface area (Å²) in [5.41, 5.74) is 2.85. The Balaban J connectivity index is 1.39. The van der Waals surface area contributed by atoms with Crippen LogP contribution in [-0.4, -0.2) is 41.4 Å². The van der Waals surface area contributed by atoms with Crippen LogP contribution in [0.3, 0.4) is 0 Å². The van der Waals surface area contributed by atoms with Crippen molar-refractivity contribution in [1.82, 2.24) is 10.2 Å². The first-order valence-corrected chi connectivity index (χ1v) is 9.55. The number of anilines is 1. The van der Waals surface area contributed by atoms with E-state index >= 15 is 0 Å². The zero-order chi connectivity index (χ0) is 17.4. The quantitative estimate of drug-likeness (QED) is 0.827. The largest absolute Gasteiger partial charge is 0.374 e. The molecule has 5 nitrogen and oxygen atoms in total. The van der Waals surface area contributed by atoms with Crippen LogP contribution >= 0.6 is 0 Å². The van der Waals surface area contributed by atoms with Gasteiger partial charge in [-0.15, -0.1) is 0 Å². The number of carbonyl (C=O) groups excluding carboxylic acids is 2. The monoisotopic (exact) mass is 341 g/mol. The summed E-state index contributed by atoms with van der Waals surface area (Å²) in [6.45, 7) is 4.65. The highest BCUT2D eigenvalue weighted by molar-refractivity contribution is 6.01. The lowest BCUT2D eigenvalue weighted by atomic mass is 9.84. The Morgan fingerprint density at radius 3 is 2.60 bits per heavy atom. The van der Waals surface area contributed by atoms with E-state index in [-0.39, 0.29) is 17.9 Å². The van der Waals surface area contributed by atoms with Gasteiger partial charge < -0.3 is 5.32 Å². The maximum absolute atomic E-state index is 11.9. The van der Waals surface area contributed by atoms with Gasteiger partial charge in [0.1, 0.15) is 6.04 Å². The molecule has 1 aromatic carbocycles. The summed E-state index contributed by atoms with van der Waals surface area (Å²) in [6.07, 6.45) is 6.18. The van der Waals surface area contributed by atoms with Crippen molar-refractivity contribution < 1.29 is 9.59 Å². The Labute approximate surface area is 149 Å². The molecule has 0 radical (unpaired) electrons. The minimum Gasteiger partial charge on any atom is -0.374 e. The Kier molecular flexibility index (Phi) is 4.28. The highest BCUT2D eigenvalue weighted by Crippen LogP contribution is 2.52. The van der Waals surface area contributed by atoms with Gasteiger partial charge in [-0.3, -0.25) is 19.8 Å². The molecule has 2 amide bonds. The van der Waals surface area contributed by atoms with E-state index in [4.69, 9.17) is 0 Å². The third kappa shape index (κ3) is 3.30. The highest BCUT2D eigenvalue weighted by Gasteiger charge is 2.50. The molecule has 0 bridgehead atoms. The second-order valence-electron chi connectivity index (χ2n) is 7.76. The minimum absolute atomic E-state index is 0.175. The van der Waals surface area contributed by atoms with Gasteiger partial charge >= 0.3 is 0 Å². The van der Waals surface area contributed by atoms with Crippen LogP contribution in [0.4, 0.5) is 5.69 Å². The van der Waals surface area contributed by atoms with Gasteiger partial charge in [-0.2, -0.15) is 0 Å². The highest BCUT2D eigenvalue weighted by atomic mass is 16.2. The number of amides is 2. The summed E-state index contributed by atoms with van der Waals surface area (Å²) in [5.74, 6) is 0.253. The van der Waals surface area contributed by atoms with Gasteiger partial charge in [0.25, 0.3) is 0 Å². The van der Waals surface area contributed by atoms with E-state index in [9.17, 15) is 9.59 Å². The molecule has 1 saturated carbocycles. The summed E-state index contributed by atoms with van der Waals surface area (Å²) in [7, 11) is 0. The SMILES string of the molecule is CCN1CC[C@H](c2ccc(NC3CCC(=O)NC3=O)cc2)CC12CC2.